The molecule has 2 heterocycles. The SMILES string of the molecule is O=S(=O)(NCc1ccco1)c1ccc2c(c1)OCCCO2. The predicted octanol–water partition coefficient (Wildman–Crippen LogP) is 1.92. The zero-order chi connectivity index (χ0) is 14.7. The lowest BCUT2D eigenvalue weighted by atomic mass is 10.3. The predicted molar refractivity (Wildman–Crippen MR) is 74.8 cm³/mol. The summed E-state index contributed by atoms with van der Waals surface area (Å²) in [5.74, 6) is 1.57. The van der Waals surface area contributed by atoms with Crippen LogP contribution in [0.15, 0.2) is 45.9 Å². The molecule has 1 aromatic carbocycles. The highest BCUT2D eigenvalue weighted by molar-refractivity contribution is 7.89. The van der Waals surface area contributed by atoms with Gasteiger partial charge in [0.1, 0.15) is 5.76 Å². The first kappa shape index (κ1) is 14.0. The van der Waals surface area contributed by atoms with Gasteiger partial charge in [0, 0.05) is 12.5 Å². The topological polar surface area (TPSA) is 77.8 Å². The molecular weight excluding hydrogens is 294 g/mol. The van der Waals surface area contributed by atoms with Crippen molar-refractivity contribution >= 4 is 10.0 Å². The van der Waals surface area contributed by atoms with Crippen LogP contribution in [-0.2, 0) is 16.6 Å². The Balaban J connectivity index is 1.80. The van der Waals surface area contributed by atoms with E-state index >= 15 is 0 Å². The maximum absolute atomic E-state index is 12.2. The van der Waals surface area contributed by atoms with E-state index in [0.29, 0.717) is 30.5 Å². The van der Waals surface area contributed by atoms with Gasteiger partial charge in [-0.1, -0.05) is 0 Å². The third-order valence-electron chi connectivity index (χ3n) is 3.05. The Bertz CT molecular complexity index is 709. The summed E-state index contributed by atoms with van der Waals surface area (Å²) in [7, 11) is -3.63. The number of ether oxygens (including phenoxy) is 2. The van der Waals surface area contributed by atoms with Gasteiger partial charge in [-0.3, -0.25) is 0 Å². The molecule has 0 amide bonds. The van der Waals surface area contributed by atoms with Gasteiger partial charge >= 0.3 is 0 Å². The van der Waals surface area contributed by atoms with Crippen LogP contribution in [0.2, 0.25) is 0 Å². The molecule has 0 fully saturated rings. The number of hydrogen-bond acceptors (Lipinski definition) is 5. The Morgan fingerprint density at radius 2 is 1.90 bits per heavy atom. The van der Waals surface area contributed by atoms with Gasteiger partial charge in [-0.2, -0.15) is 0 Å². The van der Waals surface area contributed by atoms with E-state index in [1.54, 1.807) is 18.2 Å². The van der Waals surface area contributed by atoms with Gasteiger partial charge in [0.2, 0.25) is 10.0 Å². The van der Waals surface area contributed by atoms with Crippen molar-refractivity contribution in [1.82, 2.24) is 4.72 Å². The van der Waals surface area contributed by atoms with E-state index in [-0.39, 0.29) is 11.4 Å². The summed E-state index contributed by atoms with van der Waals surface area (Å²) in [6.45, 7) is 1.18. The Kier molecular flexibility index (Phi) is 3.85. The van der Waals surface area contributed by atoms with E-state index in [0.717, 1.165) is 6.42 Å². The van der Waals surface area contributed by atoms with Gasteiger partial charge in [-0.15, -0.1) is 0 Å². The number of benzene rings is 1. The summed E-state index contributed by atoms with van der Waals surface area (Å²) in [6, 6.07) is 8.00. The van der Waals surface area contributed by atoms with Gasteiger partial charge in [-0.05, 0) is 24.3 Å². The highest BCUT2D eigenvalue weighted by atomic mass is 32.2. The van der Waals surface area contributed by atoms with Crippen molar-refractivity contribution in [3.8, 4) is 11.5 Å². The second-order valence-corrected chi connectivity index (χ2v) is 6.33. The van der Waals surface area contributed by atoms with E-state index in [9.17, 15) is 8.42 Å². The molecular formula is C14H15NO5S. The highest BCUT2D eigenvalue weighted by Gasteiger charge is 2.18. The van der Waals surface area contributed by atoms with Crippen LogP contribution in [0.4, 0.5) is 0 Å². The van der Waals surface area contributed by atoms with E-state index < -0.39 is 10.0 Å². The van der Waals surface area contributed by atoms with Crippen LogP contribution in [0.1, 0.15) is 12.2 Å². The largest absolute Gasteiger partial charge is 0.490 e. The molecule has 3 rings (SSSR count). The highest BCUT2D eigenvalue weighted by Crippen LogP contribution is 2.31. The summed E-state index contributed by atoms with van der Waals surface area (Å²) >= 11 is 0. The molecule has 0 atom stereocenters. The van der Waals surface area contributed by atoms with Crippen molar-refractivity contribution in [1.29, 1.82) is 0 Å². The summed E-state index contributed by atoms with van der Waals surface area (Å²) in [6.07, 6.45) is 2.27. The van der Waals surface area contributed by atoms with Crippen molar-refractivity contribution in [2.45, 2.75) is 17.9 Å². The van der Waals surface area contributed by atoms with E-state index in [1.807, 2.05) is 0 Å². The first-order valence-electron chi connectivity index (χ1n) is 6.57. The monoisotopic (exact) mass is 309 g/mol. The van der Waals surface area contributed by atoms with Crippen LogP contribution in [0.5, 0.6) is 11.5 Å². The van der Waals surface area contributed by atoms with E-state index in [1.165, 1.54) is 18.4 Å². The molecule has 1 N–H and O–H groups in total. The van der Waals surface area contributed by atoms with Crippen molar-refractivity contribution in [3.63, 3.8) is 0 Å². The maximum Gasteiger partial charge on any atom is 0.241 e. The van der Waals surface area contributed by atoms with Crippen LogP contribution in [0.25, 0.3) is 0 Å². The number of rotatable bonds is 4. The second-order valence-electron chi connectivity index (χ2n) is 4.56. The van der Waals surface area contributed by atoms with Crippen LogP contribution in [0, 0.1) is 0 Å². The zero-order valence-electron chi connectivity index (χ0n) is 11.2. The van der Waals surface area contributed by atoms with E-state index in [4.69, 9.17) is 13.9 Å². The van der Waals surface area contributed by atoms with E-state index in [2.05, 4.69) is 4.72 Å². The first-order valence-corrected chi connectivity index (χ1v) is 8.05. The fourth-order valence-corrected chi connectivity index (χ4v) is 2.98. The number of furan rings is 1. The third-order valence-corrected chi connectivity index (χ3v) is 4.44. The third kappa shape index (κ3) is 3.20. The van der Waals surface area contributed by atoms with Gasteiger partial charge in [-0.25, -0.2) is 13.1 Å². The molecule has 2 aromatic rings. The Hall–Kier alpha value is -1.99. The molecule has 0 radical (unpaired) electrons. The molecule has 0 spiro atoms. The number of hydrogen-bond donors (Lipinski definition) is 1. The number of nitrogens with one attached hydrogen (secondary N) is 1. The average Bonchev–Trinajstić information content (AvgIpc) is 2.89. The molecule has 7 heteroatoms. The van der Waals surface area contributed by atoms with Gasteiger partial charge < -0.3 is 13.9 Å². The lowest BCUT2D eigenvalue weighted by molar-refractivity contribution is 0.297. The van der Waals surface area contributed by atoms with Crippen molar-refractivity contribution in [2.24, 2.45) is 0 Å². The van der Waals surface area contributed by atoms with Crippen LogP contribution in [0.3, 0.4) is 0 Å². The minimum absolute atomic E-state index is 0.101. The molecule has 0 unspecified atom stereocenters. The zero-order valence-corrected chi connectivity index (χ0v) is 12.1. The lowest BCUT2D eigenvalue weighted by Gasteiger charge is -2.10. The average molecular weight is 309 g/mol. The second kappa shape index (κ2) is 5.79. The molecule has 0 bridgehead atoms. The Morgan fingerprint density at radius 3 is 2.67 bits per heavy atom. The first-order chi connectivity index (χ1) is 10.1. The molecule has 1 aliphatic rings. The lowest BCUT2D eigenvalue weighted by Crippen LogP contribution is -2.23. The Labute approximate surface area is 122 Å². The molecule has 21 heavy (non-hydrogen) atoms. The summed E-state index contributed by atoms with van der Waals surface area (Å²) in [5, 5.41) is 0. The standard InChI is InChI=1S/C14H15NO5S/c16-21(17,15-10-11-3-1-6-18-11)12-4-5-13-14(9-12)20-8-2-7-19-13/h1,3-6,9,15H,2,7-8,10H2. The molecule has 1 aliphatic heterocycles. The van der Waals surface area contributed by atoms with Gasteiger partial charge in [0.15, 0.2) is 11.5 Å². The van der Waals surface area contributed by atoms with Crippen LogP contribution >= 0.6 is 0 Å². The quantitative estimate of drug-likeness (QED) is 0.933. The molecule has 112 valence electrons. The summed E-state index contributed by atoms with van der Waals surface area (Å²) < 4.78 is 43.1. The maximum atomic E-state index is 12.2. The summed E-state index contributed by atoms with van der Waals surface area (Å²) in [5.41, 5.74) is 0. The minimum Gasteiger partial charge on any atom is -0.490 e. The molecule has 0 aliphatic carbocycles. The molecule has 6 nitrogen and oxygen atoms in total. The minimum atomic E-state index is -3.63. The Morgan fingerprint density at radius 1 is 1.10 bits per heavy atom. The van der Waals surface area contributed by atoms with Crippen molar-refractivity contribution < 1.29 is 22.3 Å². The normalized spacial score (nSPS) is 14.7. The fraction of sp³-hybridized carbons (Fsp3) is 0.286. The molecule has 0 saturated carbocycles. The van der Waals surface area contributed by atoms with Crippen LogP contribution in [-0.4, -0.2) is 21.6 Å². The number of sulfonamides is 1. The molecule has 0 saturated heterocycles. The summed E-state index contributed by atoms with van der Waals surface area (Å²) in [4.78, 5) is 0.137. The van der Waals surface area contributed by atoms with Gasteiger partial charge in [0.05, 0.1) is 30.9 Å². The van der Waals surface area contributed by atoms with Gasteiger partial charge in [0.25, 0.3) is 0 Å². The smallest absolute Gasteiger partial charge is 0.241 e. The fourth-order valence-electron chi connectivity index (χ4n) is 1.97. The van der Waals surface area contributed by atoms with Crippen LogP contribution < -0.4 is 14.2 Å². The van der Waals surface area contributed by atoms with Crippen molar-refractivity contribution in [2.75, 3.05) is 13.2 Å². The number of fused-ring (bicyclic) bond motifs is 1. The van der Waals surface area contributed by atoms with Crippen molar-refractivity contribution in [3.05, 3.63) is 42.4 Å². The molecule has 1 aromatic heterocycles.